The maximum atomic E-state index is 12.3. The Kier molecular flexibility index (Phi) is 5.48. The van der Waals surface area contributed by atoms with E-state index < -0.39 is 5.97 Å². The predicted molar refractivity (Wildman–Crippen MR) is 92.7 cm³/mol. The standard InChI is InChI=1S/C19H23N3O3/c23-18(15-6-7-16(12-15)19(24)25)20-13-17-8-10-21-22(17)11-9-14-4-2-1-3-5-14/h1-5,8,10,15-16H,6-7,9,11-13H2,(H,20,23)(H,24,25)/t15-,16+/m0/s1. The van der Waals surface area contributed by atoms with Gasteiger partial charge in [0.25, 0.3) is 0 Å². The lowest BCUT2D eigenvalue weighted by atomic mass is 10.0. The van der Waals surface area contributed by atoms with Crippen LogP contribution in [0.5, 0.6) is 0 Å². The number of amides is 1. The van der Waals surface area contributed by atoms with Crippen molar-refractivity contribution in [3.8, 4) is 0 Å². The lowest BCUT2D eigenvalue weighted by molar-refractivity contribution is -0.141. The van der Waals surface area contributed by atoms with E-state index in [-0.39, 0.29) is 17.7 Å². The molecule has 1 amide bonds. The van der Waals surface area contributed by atoms with Crippen molar-refractivity contribution in [1.29, 1.82) is 0 Å². The highest BCUT2D eigenvalue weighted by molar-refractivity contribution is 5.80. The molecule has 25 heavy (non-hydrogen) atoms. The van der Waals surface area contributed by atoms with Gasteiger partial charge in [0.1, 0.15) is 0 Å². The zero-order valence-electron chi connectivity index (χ0n) is 14.1. The average molecular weight is 341 g/mol. The molecule has 1 saturated carbocycles. The van der Waals surface area contributed by atoms with Crippen molar-refractivity contribution in [2.24, 2.45) is 11.8 Å². The van der Waals surface area contributed by atoms with E-state index in [2.05, 4.69) is 22.5 Å². The van der Waals surface area contributed by atoms with Crippen LogP contribution < -0.4 is 5.32 Å². The second kappa shape index (κ2) is 7.96. The third-order valence-electron chi connectivity index (χ3n) is 4.86. The maximum Gasteiger partial charge on any atom is 0.306 e. The normalized spacial score (nSPS) is 19.7. The SMILES string of the molecule is O=C(O)[C@@H]1CC[C@H](C(=O)NCc2ccnn2CCc2ccccc2)C1. The van der Waals surface area contributed by atoms with Crippen LogP contribution in [-0.2, 0) is 29.1 Å². The molecule has 0 bridgehead atoms. The van der Waals surface area contributed by atoms with Gasteiger partial charge in [0.15, 0.2) is 0 Å². The van der Waals surface area contributed by atoms with Crippen molar-refractivity contribution in [1.82, 2.24) is 15.1 Å². The molecule has 6 heteroatoms. The van der Waals surface area contributed by atoms with E-state index in [1.54, 1.807) is 6.20 Å². The molecular formula is C19H23N3O3. The van der Waals surface area contributed by atoms with E-state index in [9.17, 15) is 9.59 Å². The van der Waals surface area contributed by atoms with Crippen molar-refractivity contribution >= 4 is 11.9 Å². The summed E-state index contributed by atoms with van der Waals surface area (Å²) in [5, 5.41) is 16.3. The Morgan fingerprint density at radius 2 is 1.92 bits per heavy atom. The number of rotatable bonds is 7. The predicted octanol–water partition coefficient (Wildman–Crippen LogP) is 2.24. The molecule has 1 aliphatic carbocycles. The number of carboxylic acid groups (broad SMARTS) is 1. The van der Waals surface area contributed by atoms with Crippen LogP contribution in [0.4, 0.5) is 0 Å². The molecule has 6 nitrogen and oxygen atoms in total. The Balaban J connectivity index is 1.50. The molecule has 2 aromatic rings. The number of hydrogen-bond acceptors (Lipinski definition) is 3. The summed E-state index contributed by atoms with van der Waals surface area (Å²) >= 11 is 0. The smallest absolute Gasteiger partial charge is 0.306 e. The second-order valence-electron chi connectivity index (χ2n) is 6.54. The number of aromatic nitrogens is 2. The van der Waals surface area contributed by atoms with Crippen LogP contribution >= 0.6 is 0 Å². The number of hydrogen-bond donors (Lipinski definition) is 2. The van der Waals surface area contributed by atoms with Crippen molar-refractivity contribution in [2.45, 2.75) is 38.8 Å². The van der Waals surface area contributed by atoms with Crippen LogP contribution in [0.1, 0.15) is 30.5 Å². The Morgan fingerprint density at radius 3 is 2.64 bits per heavy atom. The van der Waals surface area contributed by atoms with Crippen molar-refractivity contribution in [3.05, 3.63) is 53.9 Å². The van der Waals surface area contributed by atoms with Gasteiger partial charge in [0, 0.05) is 18.7 Å². The monoisotopic (exact) mass is 341 g/mol. The van der Waals surface area contributed by atoms with Crippen LogP contribution in [-0.4, -0.2) is 26.8 Å². The van der Waals surface area contributed by atoms with Gasteiger partial charge in [0.05, 0.1) is 18.2 Å². The zero-order valence-corrected chi connectivity index (χ0v) is 14.1. The second-order valence-corrected chi connectivity index (χ2v) is 6.54. The number of benzene rings is 1. The van der Waals surface area contributed by atoms with Gasteiger partial charge in [0.2, 0.25) is 5.91 Å². The fourth-order valence-electron chi connectivity index (χ4n) is 3.36. The van der Waals surface area contributed by atoms with Gasteiger partial charge in [-0.15, -0.1) is 0 Å². The summed E-state index contributed by atoms with van der Waals surface area (Å²) in [6.45, 7) is 1.18. The van der Waals surface area contributed by atoms with Crippen molar-refractivity contribution in [3.63, 3.8) is 0 Å². The molecule has 1 fully saturated rings. The molecule has 2 N–H and O–H groups in total. The topological polar surface area (TPSA) is 84.2 Å². The third-order valence-corrected chi connectivity index (χ3v) is 4.86. The van der Waals surface area contributed by atoms with Gasteiger partial charge >= 0.3 is 5.97 Å². The van der Waals surface area contributed by atoms with Crippen LogP contribution in [0.15, 0.2) is 42.6 Å². The molecule has 3 rings (SSSR count). The quantitative estimate of drug-likeness (QED) is 0.809. The summed E-state index contributed by atoms with van der Waals surface area (Å²) < 4.78 is 1.90. The number of carbonyl (C=O) groups is 2. The maximum absolute atomic E-state index is 12.3. The van der Waals surface area contributed by atoms with E-state index >= 15 is 0 Å². The number of nitrogens with one attached hydrogen (secondary N) is 1. The number of aryl methyl sites for hydroxylation is 2. The third kappa shape index (κ3) is 4.47. The number of carbonyl (C=O) groups excluding carboxylic acids is 1. The van der Waals surface area contributed by atoms with Crippen LogP contribution in [0.3, 0.4) is 0 Å². The molecular weight excluding hydrogens is 318 g/mol. The molecule has 1 aliphatic rings. The van der Waals surface area contributed by atoms with Crippen molar-refractivity contribution in [2.75, 3.05) is 0 Å². The average Bonchev–Trinajstić information content (AvgIpc) is 3.28. The van der Waals surface area contributed by atoms with Gasteiger partial charge < -0.3 is 10.4 Å². The number of aliphatic carboxylic acids is 1. The highest BCUT2D eigenvalue weighted by Gasteiger charge is 2.33. The minimum Gasteiger partial charge on any atom is -0.481 e. The van der Waals surface area contributed by atoms with Gasteiger partial charge in [-0.1, -0.05) is 30.3 Å². The highest BCUT2D eigenvalue weighted by atomic mass is 16.4. The van der Waals surface area contributed by atoms with Gasteiger partial charge in [-0.2, -0.15) is 5.10 Å². The van der Waals surface area contributed by atoms with Crippen molar-refractivity contribution < 1.29 is 14.7 Å². The molecule has 0 aliphatic heterocycles. The lowest BCUT2D eigenvalue weighted by Gasteiger charge is -2.12. The van der Waals surface area contributed by atoms with E-state index in [0.29, 0.717) is 25.8 Å². The number of carboxylic acids is 1. The summed E-state index contributed by atoms with van der Waals surface area (Å²) in [5.41, 5.74) is 2.20. The van der Waals surface area contributed by atoms with Crippen LogP contribution in [0, 0.1) is 11.8 Å². The highest BCUT2D eigenvalue weighted by Crippen LogP contribution is 2.31. The minimum absolute atomic E-state index is 0.0560. The first kappa shape index (κ1) is 17.2. The lowest BCUT2D eigenvalue weighted by Crippen LogP contribution is -2.30. The molecule has 1 heterocycles. The Labute approximate surface area is 146 Å². The molecule has 0 unspecified atom stereocenters. The van der Waals surface area contributed by atoms with Gasteiger partial charge in [-0.25, -0.2) is 0 Å². The molecule has 0 spiro atoms. The fraction of sp³-hybridized carbons (Fsp3) is 0.421. The first-order chi connectivity index (χ1) is 12.1. The first-order valence-electron chi connectivity index (χ1n) is 8.68. The fourth-order valence-corrected chi connectivity index (χ4v) is 3.36. The largest absolute Gasteiger partial charge is 0.481 e. The zero-order chi connectivity index (χ0) is 17.6. The van der Waals surface area contributed by atoms with Crippen LogP contribution in [0.25, 0.3) is 0 Å². The minimum atomic E-state index is -0.797. The van der Waals surface area contributed by atoms with Crippen LogP contribution in [0.2, 0.25) is 0 Å². The van der Waals surface area contributed by atoms with E-state index in [4.69, 9.17) is 5.11 Å². The molecule has 0 radical (unpaired) electrons. The first-order valence-corrected chi connectivity index (χ1v) is 8.68. The molecule has 0 saturated heterocycles. The summed E-state index contributed by atoms with van der Waals surface area (Å²) in [6.07, 6.45) is 4.29. The summed E-state index contributed by atoms with van der Waals surface area (Å²) in [4.78, 5) is 23.3. The van der Waals surface area contributed by atoms with E-state index in [0.717, 1.165) is 18.7 Å². The summed E-state index contributed by atoms with van der Waals surface area (Å²) in [6, 6.07) is 12.1. The van der Waals surface area contributed by atoms with E-state index in [1.165, 1.54) is 5.56 Å². The molecule has 1 aromatic carbocycles. The Hall–Kier alpha value is -2.63. The molecule has 2 atom stereocenters. The molecule has 1 aromatic heterocycles. The Morgan fingerprint density at radius 1 is 1.16 bits per heavy atom. The molecule has 132 valence electrons. The van der Waals surface area contributed by atoms with Gasteiger partial charge in [-0.05, 0) is 37.3 Å². The van der Waals surface area contributed by atoms with E-state index in [1.807, 2.05) is 28.9 Å². The summed E-state index contributed by atoms with van der Waals surface area (Å²) in [7, 11) is 0. The summed E-state index contributed by atoms with van der Waals surface area (Å²) in [5.74, 6) is -1.43. The van der Waals surface area contributed by atoms with Gasteiger partial charge in [-0.3, -0.25) is 14.3 Å². The Bertz CT molecular complexity index is 727. The number of nitrogens with zero attached hydrogens (tertiary/aromatic N) is 2.